The average Bonchev–Trinajstić information content (AvgIpc) is 2.10. The zero-order valence-corrected chi connectivity index (χ0v) is 7.87. The Balaban J connectivity index is 2.94. The van der Waals surface area contributed by atoms with Crippen LogP contribution in [0.2, 0.25) is 0 Å². The van der Waals surface area contributed by atoms with Crippen LogP contribution < -0.4 is 5.56 Å². The number of nitrogens with one attached hydrogen (secondary N) is 1. The summed E-state index contributed by atoms with van der Waals surface area (Å²) in [5.74, 6) is 0. The molecule has 1 aromatic rings. The van der Waals surface area contributed by atoms with E-state index in [0.717, 1.165) is 12.8 Å². The highest BCUT2D eigenvalue weighted by atomic mass is 16.1. The molecule has 4 nitrogen and oxygen atoms in total. The maximum Gasteiger partial charge on any atom is 0.276 e. The van der Waals surface area contributed by atoms with Crippen molar-refractivity contribution in [2.24, 2.45) is 4.99 Å². The maximum atomic E-state index is 11.2. The minimum atomic E-state index is -0.181. The lowest BCUT2D eigenvalue weighted by molar-refractivity contribution is 1.00. The van der Waals surface area contributed by atoms with E-state index in [1.165, 1.54) is 6.33 Å². The molecule has 0 aliphatic carbocycles. The van der Waals surface area contributed by atoms with Crippen LogP contribution in [-0.4, -0.2) is 16.2 Å². The van der Waals surface area contributed by atoms with Crippen molar-refractivity contribution in [1.82, 2.24) is 9.97 Å². The number of H-pyrrole nitrogens is 1. The Labute approximate surface area is 76.8 Å². The second kappa shape index (κ2) is 4.54. The lowest BCUT2D eigenvalue weighted by atomic mass is 10.3. The lowest BCUT2D eigenvalue weighted by Gasteiger charge is -1.95. The van der Waals surface area contributed by atoms with Gasteiger partial charge in [0.1, 0.15) is 5.69 Å². The summed E-state index contributed by atoms with van der Waals surface area (Å²) in [6.45, 7) is 3.83. The van der Waals surface area contributed by atoms with Crippen LogP contribution in [0.25, 0.3) is 0 Å². The second-order valence-corrected chi connectivity index (χ2v) is 2.77. The molecule has 1 N–H and O–H groups in total. The van der Waals surface area contributed by atoms with Gasteiger partial charge in [0.25, 0.3) is 5.56 Å². The molecule has 1 rings (SSSR count). The highest BCUT2D eigenvalue weighted by Gasteiger charge is 2.00. The van der Waals surface area contributed by atoms with Crippen molar-refractivity contribution >= 4 is 11.9 Å². The van der Waals surface area contributed by atoms with E-state index in [1.807, 2.05) is 0 Å². The standard InChI is InChI=1S/C9H13N3O/c1-3-4-5-10-8-7(2)11-6-12-9(8)13/h5-6H,3-4H2,1-2H3,(H,11,12,13). The van der Waals surface area contributed by atoms with Crippen molar-refractivity contribution in [3.05, 3.63) is 22.4 Å². The molecule has 0 aliphatic rings. The van der Waals surface area contributed by atoms with Crippen LogP contribution >= 0.6 is 0 Å². The van der Waals surface area contributed by atoms with E-state index >= 15 is 0 Å². The van der Waals surface area contributed by atoms with Crippen LogP contribution in [0.4, 0.5) is 5.69 Å². The molecule has 70 valence electrons. The minimum Gasteiger partial charge on any atom is -0.311 e. The fourth-order valence-electron chi connectivity index (χ4n) is 0.919. The first-order valence-corrected chi connectivity index (χ1v) is 4.32. The van der Waals surface area contributed by atoms with Crippen LogP contribution in [0.1, 0.15) is 25.5 Å². The van der Waals surface area contributed by atoms with E-state index in [0.29, 0.717) is 11.4 Å². The van der Waals surface area contributed by atoms with Gasteiger partial charge in [-0.05, 0) is 13.3 Å². The van der Waals surface area contributed by atoms with Gasteiger partial charge in [0.15, 0.2) is 0 Å². The van der Waals surface area contributed by atoms with Crippen molar-refractivity contribution in [1.29, 1.82) is 0 Å². The molecule has 0 aromatic carbocycles. The van der Waals surface area contributed by atoms with Gasteiger partial charge in [0, 0.05) is 6.21 Å². The molecule has 0 saturated heterocycles. The molecule has 0 aliphatic heterocycles. The fourth-order valence-corrected chi connectivity index (χ4v) is 0.919. The maximum absolute atomic E-state index is 11.2. The second-order valence-electron chi connectivity index (χ2n) is 2.77. The monoisotopic (exact) mass is 179 g/mol. The predicted molar refractivity (Wildman–Crippen MR) is 52.7 cm³/mol. The fraction of sp³-hybridized carbons (Fsp3) is 0.444. The van der Waals surface area contributed by atoms with Crippen LogP contribution in [-0.2, 0) is 0 Å². The molecule has 0 spiro atoms. The van der Waals surface area contributed by atoms with Crippen LogP contribution in [0, 0.1) is 6.92 Å². The van der Waals surface area contributed by atoms with Gasteiger partial charge in [0.2, 0.25) is 0 Å². The minimum absolute atomic E-state index is 0.181. The van der Waals surface area contributed by atoms with Crippen LogP contribution in [0.5, 0.6) is 0 Å². The van der Waals surface area contributed by atoms with E-state index in [1.54, 1.807) is 13.1 Å². The van der Waals surface area contributed by atoms with Gasteiger partial charge in [-0.1, -0.05) is 13.3 Å². The number of aromatic nitrogens is 2. The molecular weight excluding hydrogens is 166 g/mol. The van der Waals surface area contributed by atoms with E-state index < -0.39 is 0 Å². The molecular formula is C9H13N3O. The number of aromatic amines is 1. The summed E-state index contributed by atoms with van der Waals surface area (Å²) in [6.07, 6.45) is 5.05. The van der Waals surface area contributed by atoms with Crippen LogP contribution in [0.15, 0.2) is 16.1 Å². The summed E-state index contributed by atoms with van der Waals surface area (Å²) in [5, 5.41) is 0. The first-order valence-electron chi connectivity index (χ1n) is 4.32. The van der Waals surface area contributed by atoms with E-state index in [4.69, 9.17) is 0 Å². The number of nitrogens with zero attached hydrogens (tertiary/aromatic N) is 2. The first-order chi connectivity index (χ1) is 6.25. The molecule has 0 fully saturated rings. The molecule has 1 aromatic heterocycles. The Morgan fingerprint density at radius 1 is 1.69 bits per heavy atom. The molecule has 0 radical (unpaired) electrons. The third-order valence-electron chi connectivity index (χ3n) is 1.65. The molecule has 0 atom stereocenters. The Morgan fingerprint density at radius 2 is 2.46 bits per heavy atom. The topological polar surface area (TPSA) is 58.1 Å². The van der Waals surface area contributed by atoms with Crippen molar-refractivity contribution in [3.8, 4) is 0 Å². The summed E-state index contributed by atoms with van der Waals surface area (Å²) in [4.78, 5) is 21.7. The Kier molecular flexibility index (Phi) is 3.37. The van der Waals surface area contributed by atoms with Crippen molar-refractivity contribution in [3.63, 3.8) is 0 Å². The number of aryl methyl sites for hydroxylation is 1. The number of unbranched alkanes of at least 4 members (excludes halogenated alkanes) is 1. The zero-order chi connectivity index (χ0) is 9.68. The quantitative estimate of drug-likeness (QED) is 0.716. The van der Waals surface area contributed by atoms with Crippen molar-refractivity contribution < 1.29 is 0 Å². The molecule has 0 unspecified atom stereocenters. The van der Waals surface area contributed by atoms with E-state index in [-0.39, 0.29) is 5.56 Å². The average molecular weight is 179 g/mol. The number of aliphatic imine (C=N–C) groups is 1. The third kappa shape index (κ3) is 2.50. The molecule has 1 heterocycles. The molecule has 0 bridgehead atoms. The Hall–Kier alpha value is -1.45. The van der Waals surface area contributed by atoms with Gasteiger partial charge in [-0.3, -0.25) is 9.79 Å². The summed E-state index contributed by atoms with van der Waals surface area (Å²) >= 11 is 0. The number of rotatable bonds is 3. The Bertz CT molecular complexity index is 354. The Morgan fingerprint density at radius 3 is 3.08 bits per heavy atom. The van der Waals surface area contributed by atoms with Gasteiger partial charge in [-0.25, -0.2) is 4.98 Å². The number of hydrogen-bond acceptors (Lipinski definition) is 3. The van der Waals surface area contributed by atoms with Gasteiger partial charge >= 0.3 is 0 Å². The SMILES string of the molecule is CCCC=Nc1c(C)nc[nH]c1=O. The van der Waals surface area contributed by atoms with Gasteiger partial charge in [-0.2, -0.15) is 0 Å². The molecule has 0 amide bonds. The summed E-state index contributed by atoms with van der Waals surface area (Å²) in [6, 6.07) is 0. The number of hydrogen-bond donors (Lipinski definition) is 1. The highest BCUT2D eigenvalue weighted by molar-refractivity contribution is 5.63. The van der Waals surface area contributed by atoms with Gasteiger partial charge in [-0.15, -0.1) is 0 Å². The van der Waals surface area contributed by atoms with Crippen molar-refractivity contribution in [2.45, 2.75) is 26.7 Å². The summed E-state index contributed by atoms with van der Waals surface area (Å²) in [5.41, 5.74) is 0.895. The third-order valence-corrected chi connectivity index (χ3v) is 1.65. The largest absolute Gasteiger partial charge is 0.311 e. The van der Waals surface area contributed by atoms with Crippen LogP contribution in [0.3, 0.4) is 0 Å². The van der Waals surface area contributed by atoms with Gasteiger partial charge < -0.3 is 4.98 Å². The molecule has 4 heteroatoms. The van der Waals surface area contributed by atoms with E-state index in [2.05, 4.69) is 21.9 Å². The lowest BCUT2D eigenvalue weighted by Crippen LogP contribution is -2.07. The molecule has 0 saturated carbocycles. The highest BCUT2D eigenvalue weighted by Crippen LogP contribution is 2.06. The first kappa shape index (κ1) is 9.64. The van der Waals surface area contributed by atoms with Crippen molar-refractivity contribution in [2.75, 3.05) is 0 Å². The normalized spacial score (nSPS) is 10.9. The summed E-state index contributed by atoms with van der Waals surface area (Å²) < 4.78 is 0. The zero-order valence-electron chi connectivity index (χ0n) is 7.87. The van der Waals surface area contributed by atoms with Gasteiger partial charge in [0.05, 0.1) is 12.0 Å². The van der Waals surface area contributed by atoms with E-state index in [9.17, 15) is 4.79 Å². The summed E-state index contributed by atoms with van der Waals surface area (Å²) in [7, 11) is 0. The predicted octanol–water partition coefficient (Wildman–Crippen LogP) is 1.58. The molecule has 13 heavy (non-hydrogen) atoms. The smallest absolute Gasteiger partial charge is 0.276 e.